The van der Waals surface area contributed by atoms with Crippen molar-refractivity contribution in [3.05, 3.63) is 52.1 Å². The van der Waals surface area contributed by atoms with Crippen molar-refractivity contribution in [1.82, 2.24) is 20.0 Å². The summed E-state index contributed by atoms with van der Waals surface area (Å²) in [5, 5.41) is 7.27. The zero-order valence-electron chi connectivity index (χ0n) is 18.6. The normalized spacial score (nSPS) is 19.9. The summed E-state index contributed by atoms with van der Waals surface area (Å²) in [6, 6.07) is 3.52. The van der Waals surface area contributed by atoms with Gasteiger partial charge < -0.3 is 9.64 Å². The highest BCUT2D eigenvalue weighted by Gasteiger charge is 2.39. The summed E-state index contributed by atoms with van der Waals surface area (Å²) >= 11 is 0. The molecule has 1 unspecified atom stereocenters. The van der Waals surface area contributed by atoms with E-state index in [1.165, 1.54) is 12.1 Å². The van der Waals surface area contributed by atoms with E-state index in [9.17, 15) is 22.4 Å². The Bertz CT molecular complexity index is 991. The average Bonchev–Trinajstić information content (AvgIpc) is 3.03. The fraction of sp³-hybridized carbons (Fsp3) is 0.565. The number of nitrogens with zero attached hydrogens (tertiary/aromatic N) is 3. The van der Waals surface area contributed by atoms with Crippen molar-refractivity contribution >= 4 is 5.91 Å². The Kier molecular flexibility index (Phi) is 7.04. The molecule has 4 rings (SSSR count). The molecule has 0 spiro atoms. The van der Waals surface area contributed by atoms with E-state index in [-0.39, 0.29) is 11.5 Å². The number of nitrogens with one attached hydrogen (secondary N) is 1. The predicted molar refractivity (Wildman–Crippen MR) is 113 cm³/mol. The maximum absolute atomic E-state index is 14.0. The van der Waals surface area contributed by atoms with E-state index in [1.54, 1.807) is 12.0 Å². The minimum absolute atomic E-state index is 0.0231. The average molecular weight is 468 g/mol. The number of likely N-dealkylation sites (tertiary alicyclic amines) is 1. The van der Waals surface area contributed by atoms with Crippen LogP contribution in [0.2, 0.25) is 0 Å². The Hall–Kier alpha value is -2.46. The van der Waals surface area contributed by atoms with Crippen LogP contribution >= 0.6 is 0 Å². The number of ether oxygens (including phenoxy) is 1. The number of hydrogen-bond donors (Lipinski definition) is 1. The van der Waals surface area contributed by atoms with Crippen molar-refractivity contribution in [3.8, 4) is 0 Å². The summed E-state index contributed by atoms with van der Waals surface area (Å²) in [6.07, 6.45) is -2.71. The third-order valence-corrected chi connectivity index (χ3v) is 6.61. The lowest BCUT2D eigenvalue weighted by Crippen LogP contribution is -2.35. The molecule has 1 fully saturated rings. The summed E-state index contributed by atoms with van der Waals surface area (Å²) in [7, 11) is 1.66. The number of methoxy groups -OCH3 is 1. The number of hydrogen-bond acceptors (Lipinski definition) is 4. The smallest absolute Gasteiger partial charge is 0.383 e. The van der Waals surface area contributed by atoms with Gasteiger partial charge in [-0.2, -0.15) is 18.3 Å². The van der Waals surface area contributed by atoms with Gasteiger partial charge in [0.2, 0.25) is 0 Å². The molecule has 1 amide bonds. The maximum atomic E-state index is 14.0. The van der Waals surface area contributed by atoms with Crippen LogP contribution in [0.1, 0.15) is 58.1 Å². The molecule has 3 heterocycles. The van der Waals surface area contributed by atoms with E-state index in [2.05, 4.69) is 15.1 Å². The molecule has 0 saturated carbocycles. The van der Waals surface area contributed by atoms with Crippen molar-refractivity contribution in [2.45, 2.75) is 44.3 Å². The van der Waals surface area contributed by atoms with Crippen molar-refractivity contribution < 1.29 is 27.1 Å². The molecule has 1 atom stereocenters. The Labute approximate surface area is 189 Å². The van der Waals surface area contributed by atoms with Crippen LogP contribution in [0.25, 0.3) is 0 Å². The van der Waals surface area contributed by atoms with Gasteiger partial charge >= 0.3 is 6.18 Å². The van der Waals surface area contributed by atoms with Gasteiger partial charge in [-0.05, 0) is 43.2 Å². The number of carbonyl (C=O) groups excluding carboxylic acids is 1. The number of alkyl halides is 3. The SMILES string of the molecule is COCCN1CCc2c(C(=O)N3CCCC(c4cccc(F)c4C(F)(F)F)CC3)n[nH]c2C1. The van der Waals surface area contributed by atoms with E-state index in [4.69, 9.17) is 4.74 Å². The second-order valence-corrected chi connectivity index (χ2v) is 8.67. The monoisotopic (exact) mass is 468 g/mol. The number of fused-ring (bicyclic) bond motifs is 1. The van der Waals surface area contributed by atoms with Gasteiger partial charge in [-0.15, -0.1) is 0 Å². The Morgan fingerprint density at radius 2 is 2.06 bits per heavy atom. The number of carbonyl (C=O) groups is 1. The van der Waals surface area contributed by atoms with Crippen molar-refractivity contribution in [1.29, 1.82) is 0 Å². The summed E-state index contributed by atoms with van der Waals surface area (Å²) in [5.41, 5.74) is 1.03. The lowest BCUT2D eigenvalue weighted by molar-refractivity contribution is -0.140. The summed E-state index contributed by atoms with van der Waals surface area (Å²) in [6.45, 7) is 3.64. The first-order valence-corrected chi connectivity index (χ1v) is 11.2. The van der Waals surface area contributed by atoms with Crippen LogP contribution in [0.5, 0.6) is 0 Å². The number of H-pyrrole nitrogens is 1. The van der Waals surface area contributed by atoms with Gasteiger partial charge in [0.1, 0.15) is 5.82 Å². The van der Waals surface area contributed by atoms with E-state index in [0.29, 0.717) is 57.6 Å². The first kappa shape index (κ1) is 23.7. The van der Waals surface area contributed by atoms with E-state index < -0.39 is 23.5 Å². The van der Waals surface area contributed by atoms with Crippen LogP contribution in [-0.4, -0.2) is 65.8 Å². The molecule has 0 bridgehead atoms. The largest absolute Gasteiger partial charge is 0.419 e. The zero-order valence-corrected chi connectivity index (χ0v) is 18.6. The molecular formula is C23H28F4N4O2. The van der Waals surface area contributed by atoms with Gasteiger partial charge in [-0.1, -0.05) is 12.1 Å². The van der Waals surface area contributed by atoms with Gasteiger partial charge in [0.05, 0.1) is 17.9 Å². The van der Waals surface area contributed by atoms with Gasteiger partial charge in [0, 0.05) is 45.4 Å². The summed E-state index contributed by atoms with van der Waals surface area (Å²) < 4.78 is 59.6. The predicted octanol–water partition coefficient (Wildman–Crippen LogP) is 3.98. The molecule has 0 radical (unpaired) electrons. The van der Waals surface area contributed by atoms with Crippen LogP contribution in [-0.2, 0) is 23.9 Å². The highest BCUT2D eigenvalue weighted by atomic mass is 19.4. The number of amides is 1. The van der Waals surface area contributed by atoms with Crippen molar-refractivity contribution in [3.63, 3.8) is 0 Å². The van der Waals surface area contributed by atoms with Gasteiger partial charge in [-0.25, -0.2) is 4.39 Å². The fourth-order valence-electron chi connectivity index (χ4n) is 4.90. The number of halogens is 4. The Morgan fingerprint density at radius 3 is 2.82 bits per heavy atom. The number of benzene rings is 1. The maximum Gasteiger partial charge on any atom is 0.419 e. The van der Waals surface area contributed by atoms with Crippen molar-refractivity contribution in [2.24, 2.45) is 0 Å². The molecule has 2 aromatic rings. The lowest BCUT2D eigenvalue weighted by Gasteiger charge is -2.27. The van der Waals surface area contributed by atoms with E-state index in [1.807, 2.05) is 0 Å². The third-order valence-electron chi connectivity index (χ3n) is 6.61. The van der Waals surface area contributed by atoms with E-state index >= 15 is 0 Å². The standard InChI is InChI=1S/C23H28F4N4O2/c1-33-13-12-30-10-8-17-19(14-30)28-29-21(17)22(32)31-9-3-4-15(7-11-31)16-5-2-6-18(24)20(16)23(25,26)27/h2,5-6,15H,3-4,7-14H2,1H3,(H,28,29). The van der Waals surface area contributed by atoms with Crippen molar-refractivity contribution in [2.75, 3.05) is 39.9 Å². The Morgan fingerprint density at radius 1 is 1.24 bits per heavy atom. The number of aromatic nitrogens is 2. The minimum Gasteiger partial charge on any atom is -0.383 e. The number of aromatic amines is 1. The van der Waals surface area contributed by atoms with Crippen LogP contribution in [0, 0.1) is 5.82 Å². The molecule has 2 aliphatic rings. The lowest BCUT2D eigenvalue weighted by atomic mass is 9.88. The molecule has 180 valence electrons. The highest BCUT2D eigenvalue weighted by molar-refractivity contribution is 5.94. The quantitative estimate of drug-likeness (QED) is 0.675. The first-order chi connectivity index (χ1) is 15.8. The highest BCUT2D eigenvalue weighted by Crippen LogP contribution is 2.40. The van der Waals surface area contributed by atoms with Gasteiger partial charge in [0.15, 0.2) is 5.69 Å². The Balaban J connectivity index is 1.46. The summed E-state index contributed by atoms with van der Waals surface area (Å²) in [5.74, 6) is -1.91. The molecule has 1 aromatic carbocycles. The molecule has 0 aliphatic carbocycles. The van der Waals surface area contributed by atoms with Crippen LogP contribution < -0.4 is 0 Å². The fourth-order valence-corrected chi connectivity index (χ4v) is 4.90. The minimum atomic E-state index is -4.76. The molecule has 33 heavy (non-hydrogen) atoms. The molecule has 1 N–H and O–H groups in total. The molecule has 6 nitrogen and oxygen atoms in total. The second kappa shape index (κ2) is 9.80. The molecule has 1 saturated heterocycles. The molecule has 10 heteroatoms. The topological polar surface area (TPSA) is 61.5 Å². The third kappa shape index (κ3) is 5.06. The molecule has 2 aliphatic heterocycles. The first-order valence-electron chi connectivity index (χ1n) is 11.2. The summed E-state index contributed by atoms with van der Waals surface area (Å²) in [4.78, 5) is 17.1. The van der Waals surface area contributed by atoms with Crippen LogP contribution in [0.4, 0.5) is 17.6 Å². The molecular weight excluding hydrogens is 440 g/mol. The number of rotatable bonds is 5. The van der Waals surface area contributed by atoms with Crippen LogP contribution in [0.3, 0.4) is 0 Å². The second-order valence-electron chi connectivity index (χ2n) is 8.67. The zero-order chi connectivity index (χ0) is 23.6. The van der Waals surface area contributed by atoms with E-state index in [0.717, 1.165) is 30.4 Å². The van der Waals surface area contributed by atoms with Crippen LogP contribution in [0.15, 0.2) is 18.2 Å². The van der Waals surface area contributed by atoms with Gasteiger partial charge in [0.25, 0.3) is 5.91 Å². The van der Waals surface area contributed by atoms with Gasteiger partial charge in [-0.3, -0.25) is 14.8 Å². The molecule has 1 aromatic heterocycles.